The zero-order valence-electron chi connectivity index (χ0n) is 16.1. The zero-order chi connectivity index (χ0) is 20.9. The van der Waals surface area contributed by atoms with Gasteiger partial charge in [-0.3, -0.25) is 4.79 Å². The molecular weight excluding hydrogens is 394 g/mol. The van der Waals surface area contributed by atoms with E-state index in [1.54, 1.807) is 55.5 Å². The molecule has 2 aromatic carbocycles. The number of esters is 1. The average Bonchev–Trinajstić information content (AvgIpc) is 3.07. The Morgan fingerprint density at radius 1 is 1.07 bits per heavy atom. The van der Waals surface area contributed by atoms with Crippen LogP contribution in [0.5, 0.6) is 5.75 Å². The number of carbonyl (C=O) groups excluding carboxylic acids is 2. The molecule has 1 aliphatic rings. The lowest BCUT2D eigenvalue weighted by Crippen LogP contribution is -2.43. The van der Waals surface area contributed by atoms with Gasteiger partial charge in [0.2, 0.25) is 0 Å². The van der Waals surface area contributed by atoms with E-state index in [1.807, 2.05) is 6.07 Å². The normalized spacial score (nSPS) is 17.5. The number of ether oxygens (including phenoxy) is 2. The molecule has 3 rings (SSSR count). The largest absolute Gasteiger partial charge is 0.493 e. The van der Waals surface area contributed by atoms with Gasteiger partial charge < -0.3 is 14.4 Å². The first-order valence-electron chi connectivity index (χ1n) is 9.38. The summed E-state index contributed by atoms with van der Waals surface area (Å²) in [5.74, 6) is -0.825. The fourth-order valence-corrected chi connectivity index (χ4v) is 5.02. The number of hydrogen-bond donors (Lipinski definition) is 0. The van der Waals surface area contributed by atoms with Crippen molar-refractivity contribution in [1.82, 2.24) is 0 Å². The summed E-state index contributed by atoms with van der Waals surface area (Å²) < 4.78 is 34.5. The second-order valence-electron chi connectivity index (χ2n) is 6.66. The van der Waals surface area contributed by atoms with E-state index in [-0.39, 0.29) is 17.1 Å². The van der Waals surface area contributed by atoms with Crippen molar-refractivity contribution in [1.29, 1.82) is 0 Å². The van der Waals surface area contributed by atoms with E-state index in [0.29, 0.717) is 24.5 Å². The number of amides is 1. The summed E-state index contributed by atoms with van der Waals surface area (Å²) in [7, 11) is -3.19. The first-order valence-corrected chi connectivity index (χ1v) is 11.2. The third-order valence-corrected chi connectivity index (χ3v) is 6.36. The molecule has 0 N–H and O–H groups in total. The molecule has 1 amide bonds. The molecule has 29 heavy (non-hydrogen) atoms. The van der Waals surface area contributed by atoms with Gasteiger partial charge in [0.1, 0.15) is 11.3 Å². The van der Waals surface area contributed by atoms with E-state index in [2.05, 4.69) is 0 Å². The van der Waals surface area contributed by atoms with Crippen LogP contribution in [0, 0.1) is 0 Å². The number of para-hydroxylation sites is 2. The number of benzene rings is 2. The third-order valence-electron chi connectivity index (χ3n) is 4.61. The number of rotatable bonds is 7. The van der Waals surface area contributed by atoms with Gasteiger partial charge in [0.25, 0.3) is 5.91 Å². The van der Waals surface area contributed by atoms with E-state index in [4.69, 9.17) is 9.47 Å². The van der Waals surface area contributed by atoms with Gasteiger partial charge in [-0.25, -0.2) is 13.2 Å². The molecule has 1 heterocycles. The SMILES string of the molecule is CCOc1ccccc1C(=O)OCC(=O)N(c1ccccc1)[C@@H]1CCS(=O)(=O)C1. The summed E-state index contributed by atoms with van der Waals surface area (Å²) in [6.45, 7) is 1.70. The molecule has 2 aromatic rings. The monoisotopic (exact) mass is 417 g/mol. The van der Waals surface area contributed by atoms with Crippen LogP contribution < -0.4 is 9.64 Å². The second-order valence-corrected chi connectivity index (χ2v) is 8.89. The minimum absolute atomic E-state index is 0.0375. The highest BCUT2D eigenvalue weighted by atomic mass is 32.2. The molecule has 0 spiro atoms. The van der Waals surface area contributed by atoms with Crippen molar-refractivity contribution in [2.24, 2.45) is 0 Å². The Morgan fingerprint density at radius 2 is 1.76 bits per heavy atom. The minimum atomic E-state index is -3.19. The predicted octanol–water partition coefficient (Wildman–Crippen LogP) is 2.46. The molecule has 0 bridgehead atoms. The van der Waals surface area contributed by atoms with Gasteiger partial charge in [0, 0.05) is 5.69 Å². The highest BCUT2D eigenvalue weighted by Gasteiger charge is 2.35. The third kappa shape index (κ3) is 5.14. The Hall–Kier alpha value is -2.87. The number of anilines is 1. The van der Waals surface area contributed by atoms with Crippen LogP contribution in [0.15, 0.2) is 54.6 Å². The van der Waals surface area contributed by atoms with Crippen molar-refractivity contribution in [3.05, 3.63) is 60.2 Å². The average molecular weight is 417 g/mol. The van der Waals surface area contributed by atoms with Crippen LogP contribution in [0.4, 0.5) is 5.69 Å². The molecule has 0 aliphatic carbocycles. The summed E-state index contributed by atoms with van der Waals surface area (Å²) in [5.41, 5.74) is 0.808. The van der Waals surface area contributed by atoms with Gasteiger partial charge in [-0.1, -0.05) is 30.3 Å². The summed E-state index contributed by atoms with van der Waals surface area (Å²) in [6, 6.07) is 15.0. The topological polar surface area (TPSA) is 90.0 Å². The van der Waals surface area contributed by atoms with Gasteiger partial charge in [-0.05, 0) is 37.6 Å². The van der Waals surface area contributed by atoms with Gasteiger partial charge in [-0.15, -0.1) is 0 Å². The van der Waals surface area contributed by atoms with Crippen molar-refractivity contribution in [2.75, 3.05) is 29.6 Å². The van der Waals surface area contributed by atoms with Crippen LogP contribution in [0.2, 0.25) is 0 Å². The summed E-state index contributed by atoms with van der Waals surface area (Å²) >= 11 is 0. The molecule has 1 atom stereocenters. The molecule has 1 fully saturated rings. The molecule has 7 nitrogen and oxygen atoms in total. The quantitative estimate of drug-likeness (QED) is 0.643. The van der Waals surface area contributed by atoms with E-state index in [9.17, 15) is 18.0 Å². The van der Waals surface area contributed by atoms with Crippen molar-refractivity contribution in [3.8, 4) is 5.75 Å². The Morgan fingerprint density at radius 3 is 2.41 bits per heavy atom. The van der Waals surface area contributed by atoms with Crippen LogP contribution in [0.25, 0.3) is 0 Å². The number of hydrogen-bond acceptors (Lipinski definition) is 6. The molecule has 0 unspecified atom stereocenters. The highest BCUT2D eigenvalue weighted by Crippen LogP contribution is 2.25. The van der Waals surface area contributed by atoms with Gasteiger partial charge in [0.15, 0.2) is 16.4 Å². The second kappa shape index (κ2) is 9.09. The lowest BCUT2D eigenvalue weighted by molar-refractivity contribution is -0.122. The summed E-state index contributed by atoms with van der Waals surface area (Å²) in [4.78, 5) is 26.8. The summed E-state index contributed by atoms with van der Waals surface area (Å²) in [5, 5.41) is 0. The molecule has 154 valence electrons. The number of carbonyl (C=O) groups is 2. The number of nitrogens with zero attached hydrogens (tertiary/aromatic N) is 1. The lowest BCUT2D eigenvalue weighted by Gasteiger charge is -2.28. The van der Waals surface area contributed by atoms with E-state index in [0.717, 1.165) is 0 Å². The standard InChI is InChI=1S/C21H23NO6S/c1-2-27-19-11-7-6-10-18(19)21(24)28-14-20(23)22(16-8-4-3-5-9-16)17-12-13-29(25,26)15-17/h3-11,17H,2,12-15H2,1H3/t17-/m1/s1. The fraction of sp³-hybridized carbons (Fsp3) is 0.333. The van der Waals surface area contributed by atoms with Crippen LogP contribution in [0.3, 0.4) is 0 Å². The minimum Gasteiger partial charge on any atom is -0.493 e. The van der Waals surface area contributed by atoms with E-state index in [1.165, 1.54) is 4.90 Å². The number of sulfone groups is 1. The maximum absolute atomic E-state index is 12.9. The van der Waals surface area contributed by atoms with Gasteiger partial charge in [-0.2, -0.15) is 0 Å². The molecule has 1 aliphatic heterocycles. The first kappa shape index (κ1) is 20.9. The fourth-order valence-electron chi connectivity index (χ4n) is 3.32. The van der Waals surface area contributed by atoms with E-state index < -0.39 is 34.4 Å². The van der Waals surface area contributed by atoms with Crippen LogP contribution in [0.1, 0.15) is 23.7 Å². The maximum Gasteiger partial charge on any atom is 0.342 e. The smallest absolute Gasteiger partial charge is 0.342 e. The molecule has 8 heteroatoms. The molecule has 1 saturated heterocycles. The van der Waals surface area contributed by atoms with Crippen molar-refractivity contribution < 1.29 is 27.5 Å². The van der Waals surface area contributed by atoms with Gasteiger partial charge in [0.05, 0.1) is 24.2 Å². The zero-order valence-corrected chi connectivity index (χ0v) is 16.9. The summed E-state index contributed by atoms with van der Waals surface area (Å²) in [6.07, 6.45) is 0.351. The Bertz CT molecular complexity index is 974. The van der Waals surface area contributed by atoms with Crippen molar-refractivity contribution >= 4 is 27.4 Å². The van der Waals surface area contributed by atoms with Crippen molar-refractivity contribution in [3.63, 3.8) is 0 Å². The lowest BCUT2D eigenvalue weighted by atomic mass is 10.2. The Labute approximate surface area is 170 Å². The Kier molecular flexibility index (Phi) is 6.53. The van der Waals surface area contributed by atoms with Crippen LogP contribution in [-0.4, -0.2) is 51.1 Å². The molecule has 0 radical (unpaired) electrons. The maximum atomic E-state index is 12.9. The van der Waals surface area contributed by atoms with Gasteiger partial charge >= 0.3 is 5.97 Å². The van der Waals surface area contributed by atoms with Crippen LogP contribution >= 0.6 is 0 Å². The molecule has 0 aromatic heterocycles. The molecule has 0 saturated carbocycles. The van der Waals surface area contributed by atoms with E-state index >= 15 is 0 Å². The van der Waals surface area contributed by atoms with Crippen molar-refractivity contribution in [2.45, 2.75) is 19.4 Å². The Balaban J connectivity index is 1.75. The van der Waals surface area contributed by atoms with Crippen LogP contribution in [-0.2, 0) is 19.4 Å². The highest BCUT2D eigenvalue weighted by molar-refractivity contribution is 7.91. The first-order chi connectivity index (χ1) is 13.9. The predicted molar refractivity (Wildman–Crippen MR) is 109 cm³/mol. The molecular formula is C21H23NO6S.